The zero-order valence-corrected chi connectivity index (χ0v) is 11.6. The Labute approximate surface area is 123 Å². The maximum Gasteiger partial charge on any atom is 0.253 e. The van der Waals surface area contributed by atoms with Crippen molar-refractivity contribution in [3.63, 3.8) is 0 Å². The summed E-state index contributed by atoms with van der Waals surface area (Å²) in [6.45, 7) is 1.44. The van der Waals surface area contributed by atoms with E-state index < -0.39 is 0 Å². The van der Waals surface area contributed by atoms with Gasteiger partial charge in [-0.15, -0.1) is 0 Å². The van der Waals surface area contributed by atoms with Crippen LogP contribution in [-0.2, 0) is 0 Å². The molecule has 0 radical (unpaired) electrons. The van der Waals surface area contributed by atoms with Gasteiger partial charge in [0.25, 0.3) is 5.91 Å². The second-order valence-electron chi connectivity index (χ2n) is 5.20. The Hall–Kier alpha value is -2.61. The topological polar surface area (TPSA) is 61.9 Å². The number of hydrogen-bond acceptors (Lipinski definition) is 3. The van der Waals surface area contributed by atoms with Gasteiger partial charge in [-0.05, 0) is 37.1 Å². The number of nitrogens with zero attached hydrogens (tertiary/aromatic N) is 4. The molecule has 2 heterocycles. The lowest BCUT2D eigenvalue weighted by molar-refractivity contribution is 0.0690. The number of carbonyl (C=O) groups excluding carboxylic acids is 1. The first-order valence-corrected chi connectivity index (χ1v) is 7.06. The number of aromatic nitrogens is 2. The zero-order chi connectivity index (χ0) is 14.7. The first-order chi connectivity index (χ1) is 10.3. The van der Waals surface area contributed by atoms with E-state index in [2.05, 4.69) is 11.2 Å². The lowest BCUT2D eigenvalue weighted by Gasteiger charge is -2.32. The lowest BCUT2D eigenvalue weighted by atomic mass is 10.0. The number of amides is 1. The van der Waals surface area contributed by atoms with E-state index in [1.165, 1.54) is 0 Å². The minimum atomic E-state index is 0.00557. The fraction of sp³-hybridized carbons (Fsp3) is 0.312. The fourth-order valence-corrected chi connectivity index (χ4v) is 2.73. The van der Waals surface area contributed by atoms with Crippen LogP contribution in [0.4, 0.5) is 0 Å². The van der Waals surface area contributed by atoms with Gasteiger partial charge < -0.3 is 4.90 Å². The van der Waals surface area contributed by atoms with Crippen molar-refractivity contribution in [1.82, 2.24) is 14.7 Å². The molecule has 5 nitrogen and oxygen atoms in total. The van der Waals surface area contributed by atoms with Crippen LogP contribution < -0.4 is 0 Å². The van der Waals surface area contributed by atoms with Crippen molar-refractivity contribution >= 4 is 5.91 Å². The molecule has 1 fully saturated rings. The average Bonchev–Trinajstić information content (AvgIpc) is 3.09. The van der Waals surface area contributed by atoms with Gasteiger partial charge in [0.1, 0.15) is 0 Å². The molecule has 1 aromatic heterocycles. The highest BCUT2D eigenvalue weighted by Crippen LogP contribution is 2.22. The van der Waals surface area contributed by atoms with Gasteiger partial charge >= 0.3 is 0 Å². The molecule has 0 bridgehead atoms. The van der Waals surface area contributed by atoms with Crippen molar-refractivity contribution < 1.29 is 4.79 Å². The normalized spacial score (nSPS) is 15.7. The fourth-order valence-electron chi connectivity index (χ4n) is 2.73. The van der Waals surface area contributed by atoms with Crippen LogP contribution in [0, 0.1) is 11.3 Å². The van der Waals surface area contributed by atoms with Crippen molar-refractivity contribution in [3.05, 3.63) is 53.9 Å². The average molecular weight is 280 g/mol. The molecule has 5 heteroatoms. The van der Waals surface area contributed by atoms with Gasteiger partial charge in [-0.3, -0.25) is 9.48 Å². The van der Waals surface area contributed by atoms with Crippen molar-refractivity contribution in [2.75, 3.05) is 13.1 Å². The van der Waals surface area contributed by atoms with E-state index >= 15 is 0 Å². The lowest BCUT2D eigenvalue weighted by Crippen LogP contribution is -2.39. The Morgan fingerprint density at radius 3 is 2.76 bits per heavy atom. The summed E-state index contributed by atoms with van der Waals surface area (Å²) in [5.74, 6) is 0.00557. The van der Waals surface area contributed by atoms with E-state index in [1.807, 2.05) is 21.8 Å². The van der Waals surface area contributed by atoms with Crippen molar-refractivity contribution in [2.24, 2.45) is 0 Å². The molecule has 106 valence electrons. The molecule has 1 aliphatic heterocycles. The van der Waals surface area contributed by atoms with Crippen LogP contribution >= 0.6 is 0 Å². The Kier molecular flexibility index (Phi) is 3.69. The predicted octanol–water partition coefficient (Wildman–Crippen LogP) is 2.23. The third kappa shape index (κ3) is 2.79. The third-order valence-electron chi connectivity index (χ3n) is 3.89. The highest BCUT2D eigenvalue weighted by atomic mass is 16.2. The van der Waals surface area contributed by atoms with Gasteiger partial charge in [-0.2, -0.15) is 10.4 Å². The van der Waals surface area contributed by atoms with Crippen LogP contribution in [0.15, 0.2) is 42.7 Å². The highest BCUT2D eigenvalue weighted by Gasteiger charge is 2.24. The molecule has 0 spiro atoms. The van der Waals surface area contributed by atoms with Crippen LogP contribution in [0.1, 0.15) is 34.8 Å². The number of piperidine rings is 1. The van der Waals surface area contributed by atoms with E-state index in [0.29, 0.717) is 17.2 Å². The van der Waals surface area contributed by atoms with Gasteiger partial charge in [-0.1, -0.05) is 6.07 Å². The third-order valence-corrected chi connectivity index (χ3v) is 3.89. The largest absolute Gasteiger partial charge is 0.338 e. The molecule has 21 heavy (non-hydrogen) atoms. The zero-order valence-electron chi connectivity index (χ0n) is 11.6. The van der Waals surface area contributed by atoms with Gasteiger partial charge in [0.05, 0.1) is 17.7 Å². The Morgan fingerprint density at radius 1 is 1.29 bits per heavy atom. The number of nitriles is 1. The first kappa shape index (κ1) is 13.4. The summed E-state index contributed by atoms with van der Waals surface area (Å²) in [5.41, 5.74) is 1.11. The number of benzene rings is 1. The molecular weight excluding hydrogens is 264 g/mol. The van der Waals surface area contributed by atoms with Crippen molar-refractivity contribution in [1.29, 1.82) is 5.26 Å². The van der Waals surface area contributed by atoms with Crippen LogP contribution in [0.2, 0.25) is 0 Å². The van der Waals surface area contributed by atoms with Gasteiger partial charge in [0, 0.05) is 31.0 Å². The maximum absolute atomic E-state index is 12.5. The van der Waals surface area contributed by atoms with Crippen LogP contribution in [0.25, 0.3) is 0 Å². The molecule has 0 unspecified atom stereocenters. The molecule has 0 aliphatic carbocycles. The van der Waals surface area contributed by atoms with Crippen LogP contribution in [0.5, 0.6) is 0 Å². The standard InChI is InChI=1S/C16H16N4O/c17-12-13-3-1-4-14(11-13)16(21)19-9-5-15(6-10-19)20-8-2-7-18-20/h1-4,7-8,11,15H,5-6,9-10H2. The second kappa shape index (κ2) is 5.80. The molecule has 1 saturated heterocycles. The Bertz CT molecular complexity index is 664. The van der Waals surface area contributed by atoms with E-state index in [1.54, 1.807) is 30.5 Å². The molecule has 1 aliphatic rings. The molecule has 2 aromatic rings. The Morgan fingerprint density at radius 2 is 2.10 bits per heavy atom. The quantitative estimate of drug-likeness (QED) is 0.847. The summed E-state index contributed by atoms with van der Waals surface area (Å²) < 4.78 is 1.97. The van der Waals surface area contributed by atoms with E-state index in [-0.39, 0.29) is 5.91 Å². The smallest absolute Gasteiger partial charge is 0.253 e. The van der Waals surface area contributed by atoms with E-state index in [0.717, 1.165) is 25.9 Å². The SMILES string of the molecule is N#Cc1cccc(C(=O)N2CCC(n3cccn3)CC2)c1. The number of rotatable bonds is 2. The van der Waals surface area contributed by atoms with Crippen molar-refractivity contribution in [3.8, 4) is 6.07 Å². The first-order valence-electron chi connectivity index (χ1n) is 7.06. The van der Waals surface area contributed by atoms with Crippen LogP contribution in [-0.4, -0.2) is 33.7 Å². The predicted molar refractivity (Wildman–Crippen MR) is 77.6 cm³/mol. The van der Waals surface area contributed by atoms with E-state index in [9.17, 15) is 4.79 Å². The molecule has 3 rings (SSSR count). The summed E-state index contributed by atoms with van der Waals surface area (Å²) in [6.07, 6.45) is 5.57. The monoisotopic (exact) mass is 280 g/mol. The number of carbonyl (C=O) groups is 1. The van der Waals surface area contributed by atoms with E-state index in [4.69, 9.17) is 5.26 Å². The van der Waals surface area contributed by atoms with Crippen LogP contribution in [0.3, 0.4) is 0 Å². The van der Waals surface area contributed by atoms with Gasteiger partial charge in [0.2, 0.25) is 0 Å². The summed E-state index contributed by atoms with van der Waals surface area (Å²) in [7, 11) is 0. The molecule has 1 amide bonds. The summed E-state index contributed by atoms with van der Waals surface area (Å²) in [5, 5.41) is 13.2. The Balaban J connectivity index is 1.66. The number of hydrogen-bond donors (Lipinski definition) is 0. The molecule has 0 saturated carbocycles. The molecule has 0 atom stereocenters. The maximum atomic E-state index is 12.5. The van der Waals surface area contributed by atoms with Crippen molar-refractivity contribution in [2.45, 2.75) is 18.9 Å². The minimum absolute atomic E-state index is 0.00557. The summed E-state index contributed by atoms with van der Waals surface area (Å²) in [4.78, 5) is 14.3. The summed E-state index contributed by atoms with van der Waals surface area (Å²) in [6, 6.07) is 11.2. The number of likely N-dealkylation sites (tertiary alicyclic amines) is 1. The highest BCUT2D eigenvalue weighted by molar-refractivity contribution is 5.94. The minimum Gasteiger partial charge on any atom is -0.338 e. The summed E-state index contributed by atoms with van der Waals surface area (Å²) >= 11 is 0. The molecule has 0 N–H and O–H groups in total. The second-order valence-corrected chi connectivity index (χ2v) is 5.20. The molecule has 1 aromatic carbocycles. The molecular formula is C16H16N4O. The van der Waals surface area contributed by atoms with Gasteiger partial charge in [-0.25, -0.2) is 0 Å². The van der Waals surface area contributed by atoms with Gasteiger partial charge in [0.15, 0.2) is 0 Å².